The first-order chi connectivity index (χ1) is 13.5. The quantitative estimate of drug-likeness (QED) is 0.412. The van der Waals surface area contributed by atoms with Gasteiger partial charge >= 0.3 is 5.97 Å². The number of nitrogens with one attached hydrogen (secondary N) is 2. The minimum absolute atomic E-state index is 0.221. The number of hydrogen-bond acceptors (Lipinski definition) is 5. The van der Waals surface area contributed by atoms with Gasteiger partial charge in [-0.1, -0.05) is 25.5 Å². The molecule has 0 heterocycles. The Morgan fingerprint density at radius 3 is 2.39 bits per heavy atom. The fraction of sp³-hybridized carbons (Fsp3) is 0.250. The minimum Gasteiger partial charge on any atom is -0.494 e. The summed E-state index contributed by atoms with van der Waals surface area (Å²) in [6.45, 7) is 2.05. The standard InChI is InChI=1S/C20H21FN2O5/c1-2-3-12-27-15-10-8-14(9-11-15)20(26)28-13-18(24)22-23-19(25)16-6-4-5-7-17(16)21/h4-11H,2-3,12-13H2,1H3,(H,22,24)(H,23,25). The van der Waals surface area contributed by atoms with Crippen LogP contribution in [0.5, 0.6) is 5.75 Å². The van der Waals surface area contributed by atoms with E-state index in [0.29, 0.717) is 12.4 Å². The van der Waals surface area contributed by atoms with Crippen molar-refractivity contribution in [2.75, 3.05) is 13.2 Å². The van der Waals surface area contributed by atoms with Gasteiger partial charge in [-0.2, -0.15) is 0 Å². The number of hydrazine groups is 1. The van der Waals surface area contributed by atoms with Crippen molar-refractivity contribution in [2.24, 2.45) is 0 Å². The molecule has 0 saturated heterocycles. The van der Waals surface area contributed by atoms with Gasteiger partial charge in [-0.3, -0.25) is 20.4 Å². The van der Waals surface area contributed by atoms with Crippen molar-refractivity contribution in [2.45, 2.75) is 19.8 Å². The van der Waals surface area contributed by atoms with Crippen molar-refractivity contribution in [3.05, 3.63) is 65.5 Å². The molecule has 2 aromatic carbocycles. The van der Waals surface area contributed by atoms with Crippen LogP contribution in [0.25, 0.3) is 0 Å². The number of carbonyl (C=O) groups excluding carboxylic acids is 3. The lowest BCUT2D eigenvalue weighted by atomic mass is 10.2. The van der Waals surface area contributed by atoms with E-state index < -0.39 is 30.2 Å². The molecule has 0 aromatic heterocycles. The third-order valence-corrected chi connectivity index (χ3v) is 3.62. The molecule has 0 atom stereocenters. The molecular weight excluding hydrogens is 367 g/mol. The van der Waals surface area contributed by atoms with E-state index in [-0.39, 0.29) is 11.1 Å². The maximum atomic E-state index is 13.5. The number of ether oxygens (including phenoxy) is 2. The molecule has 148 valence electrons. The number of hydrogen-bond donors (Lipinski definition) is 2. The third kappa shape index (κ3) is 6.39. The molecule has 0 bridgehead atoms. The Morgan fingerprint density at radius 1 is 1.00 bits per heavy atom. The first kappa shape index (κ1) is 20.9. The van der Waals surface area contributed by atoms with Gasteiger partial charge in [-0.05, 0) is 42.8 Å². The number of benzene rings is 2. The topological polar surface area (TPSA) is 93.7 Å². The van der Waals surface area contributed by atoms with Crippen molar-refractivity contribution in [3.8, 4) is 5.75 Å². The van der Waals surface area contributed by atoms with E-state index in [2.05, 4.69) is 12.3 Å². The minimum atomic E-state index is -0.823. The number of esters is 1. The second-order valence-electron chi connectivity index (χ2n) is 5.78. The Morgan fingerprint density at radius 2 is 1.71 bits per heavy atom. The second-order valence-corrected chi connectivity index (χ2v) is 5.78. The van der Waals surface area contributed by atoms with Gasteiger partial charge in [0, 0.05) is 0 Å². The molecule has 2 aromatic rings. The Bertz CT molecular complexity index is 824. The first-order valence-corrected chi connectivity index (χ1v) is 8.75. The first-order valence-electron chi connectivity index (χ1n) is 8.75. The van der Waals surface area contributed by atoms with Gasteiger partial charge in [0.2, 0.25) is 0 Å². The van der Waals surface area contributed by atoms with Crippen LogP contribution in [0, 0.1) is 5.82 Å². The summed E-state index contributed by atoms with van der Waals surface area (Å²) in [6, 6.07) is 11.7. The van der Waals surface area contributed by atoms with Crippen molar-refractivity contribution in [1.29, 1.82) is 0 Å². The van der Waals surface area contributed by atoms with Crippen molar-refractivity contribution >= 4 is 17.8 Å². The van der Waals surface area contributed by atoms with Gasteiger partial charge in [0.05, 0.1) is 17.7 Å². The number of rotatable bonds is 8. The van der Waals surface area contributed by atoms with Gasteiger partial charge in [-0.15, -0.1) is 0 Å². The summed E-state index contributed by atoms with van der Waals surface area (Å²) in [4.78, 5) is 35.4. The Hall–Kier alpha value is -3.42. The van der Waals surface area contributed by atoms with Crippen molar-refractivity contribution < 1.29 is 28.2 Å². The van der Waals surface area contributed by atoms with Crippen LogP contribution in [0.3, 0.4) is 0 Å². The van der Waals surface area contributed by atoms with E-state index in [1.165, 1.54) is 30.3 Å². The fourth-order valence-corrected chi connectivity index (χ4v) is 2.11. The summed E-state index contributed by atoms with van der Waals surface area (Å²) in [6.07, 6.45) is 1.96. The van der Waals surface area contributed by atoms with Gasteiger partial charge in [0.25, 0.3) is 11.8 Å². The molecule has 0 fully saturated rings. The SMILES string of the molecule is CCCCOc1ccc(C(=O)OCC(=O)NNC(=O)c2ccccc2F)cc1. The average Bonchev–Trinajstić information content (AvgIpc) is 2.71. The van der Waals surface area contributed by atoms with Gasteiger partial charge < -0.3 is 9.47 Å². The zero-order valence-corrected chi connectivity index (χ0v) is 15.4. The lowest BCUT2D eigenvalue weighted by molar-refractivity contribution is -0.125. The maximum Gasteiger partial charge on any atom is 0.338 e. The summed E-state index contributed by atoms with van der Waals surface area (Å²) in [5.74, 6) is -2.37. The van der Waals surface area contributed by atoms with E-state index in [1.54, 1.807) is 12.1 Å². The van der Waals surface area contributed by atoms with E-state index in [9.17, 15) is 18.8 Å². The van der Waals surface area contributed by atoms with E-state index in [4.69, 9.17) is 9.47 Å². The normalized spacial score (nSPS) is 10.1. The summed E-state index contributed by atoms with van der Waals surface area (Å²) >= 11 is 0. The van der Waals surface area contributed by atoms with Crippen LogP contribution in [0.15, 0.2) is 48.5 Å². The molecule has 7 nitrogen and oxygen atoms in total. The third-order valence-electron chi connectivity index (χ3n) is 3.62. The molecule has 0 aliphatic carbocycles. The lowest BCUT2D eigenvalue weighted by Crippen LogP contribution is -2.43. The Kier molecular flexibility index (Phi) is 7.95. The predicted octanol–water partition coefficient (Wildman–Crippen LogP) is 2.62. The van der Waals surface area contributed by atoms with Gasteiger partial charge in [0.15, 0.2) is 6.61 Å². The molecule has 0 spiro atoms. The van der Waals surface area contributed by atoms with Crippen LogP contribution < -0.4 is 15.6 Å². The smallest absolute Gasteiger partial charge is 0.338 e. The molecule has 2 rings (SSSR count). The molecule has 8 heteroatoms. The molecule has 0 radical (unpaired) electrons. The highest BCUT2D eigenvalue weighted by atomic mass is 19.1. The molecule has 28 heavy (non-hydrogen) atoms. The van der Waals surface area contributed by atoms with Gasteiger partial charge in [-0.25, -0.2) is 9.18 Å². The highest BCUT2D eigenvalue weighted by molar-refractivity contribution is 5.96. The number of halogens is 1. The molecule has 0 aliphatic rings. The predicted molar refractivity (Wildman–Crippen MR) is 99.1 cm³/mol. The van der Waals surface area contributed by atoms with Crippen molar-refractivity contribution in [1.82, 2.24) is 10.9 Å². The average molecular weight is 388 g/mol. The Balaban J connectivity index is 1.75. The van der Waals surface area contributed by atoms with Crippen LogP contribution in [0.1, 0.15) is 40.5 Å². The van der Waals surface area contributed by atoms with Crippen LogP contribution in [-0.4, -0.2) is 31.0 Å². The molecule has 2 N–H and O–H groups in total. The van der Waals surface area contributed by atoms with E-state index in [1.807, 2.05) is 5.43 Å². The summed E-state index contributed by atoms with van der Waals surface area (Å²) in [7, 11) is 0. The largest absolute Gasteiger partial charge is 0.494 e. The van der Waals surface area contributed by atoms with Crippen LogP contribution in [0.4, 0.5) is 4.39 Å². The zero-order valence-electron chi connectivity index (χ0n) is 15.4. The van der Waals surface area contributed by atoms with E-state index in [0.717, 1.165) is 18.9 Å². The summed E-state index contributed by atoms with van der Waals surface area (Å²) in [5, 5.41) is 0. The number of carbonyl (C=O) groups is 3. The summed E-state index contributed by atoms with van der Waals surface area (Å²) < 4.78 is 23.8. The lowest BCUT2D eigenvalue weighted by Gasteiger charge is -2.09. The molecule has 0 saturated carbocycles. The Labute approximate surface area is 161 Å². The van der Waals surface area contributed by atoms with Crippen LogP contribution >= 0.6 is 0 Å². The summed E-state index contributed by atoms with van der Waals surface area (Å²) in [5.41, 5.74) is 4.13. The molecule has 0 aliphatic heterocycles. The molecule has 2 amide bonds. The number of unbranched alkanes of at least 4 members (excludes halogenated alkanes) is 1. The fourth-order valence-electron chi connectivity index (χ4n) is 2.11. The maximum absolute atomic E-state index is 13.5. The molecular formula is C20H21FN2O5. The highest BCUT2D eigenvalue weighted by Crippen LogP contribution is 2.13. The van der Waals surface area contributed by atoms with Gasteiger partial charge in [0.1, 0.15) is 11.6 Å². The van der Waals surface area contributed by atoms with E-state index >= 15 is 0 Å². The van der Waals surface area contributed by atoms with Crippen molar-refractivity contribution in [3.63, 3.8) is 0 Å². The second kappa shape index (κ2) is 10.7. The molecule has 0 unspecified atom stereocenters. The zero-order chi connectivity index (χ0) is 20.4. The van der Waals surface area contributed by atoms with Crippen LogP contribution in [-0.2, 0) is 9.53 Å². The number of amides is 2. The highest BCUT2D eigenvalue weighted by Gasteiger charge is 2.13. The van der Waals surface area contributed by atoms with Crippen LogP contribution in [0.2, 0.25) is 0 Å². The monoisotopic (exact) mass is 388 g/mol.